The van der Waals surface area contributed by atoms with E-state index >= 15 is 0 Å². The Kier molecular flexibility index (Phi) is 1.91. The highest BCUT2D eigenvalue weighted by atomic mass is 35.5. The number of hydrogen-bond acceptors (Lipinski definition) is 3. The summed E-state index contributed by atoms with van der Waals surface area (Å²) >= 11 is 5.45. The molecular formula is C4H5ClN2O3S. The fraction of sp³-hybridized carbons (Fsp3) is 0.250. The molecule has 0 amide bonds. The molecule has 0 saturated heterocycles. The van der Waals surface area contributed by atoms with E-state index in [1.165, 1.54) is 17.9 Å². The zero-order valence-corrected chi connectivity index (χ0v) is 7.09. The van der Waals surface area contributed by atoms with Gasteiger partial charge in [-0.05, 0) is 0 Å². The van der Waals surface area contributed by atoms with Gasteiger partial charge in [-0.1, -0.05) is 11.6 Å². The van der Waals surface area contributed by atoms with Crippen LogP contribution in [0.15, 0.2) is 11.4 Å². The summed E-state index contributed by atoms with van der Waals surface area (Å²) in [5, 5.41) is -0.617. The van der Waals surface area contributed by atoms with Gasteiger partial charge in [0.05, 0.1) is 6.33 Å². The number of rotatable bonds is 1. The smallest absolute Gasteiger partial charge is 0.315 e. The summed E-state index contributed by atoms with van der Waals surface area (Å²) in [6.07, 6.45) is 1.20. The van der Waals surface area contributed by atoms with Crippen molar-refractivity contribution in [3.63, 3.8) is 0 Å². The molecule has 0 fully saturated rings. The minimum Gasteiger partial charge on any atom is -0.324 e. The SMILES string of the molecule is Cn1cnc(S(=O)(=O)O)c1Cl. The van der Waals surface area contributed by atoms with Crippen LogP contribution in [0.4, 0.5) is 0 Å². The Morgan fingerprint density at radius 2 is 2.27 bits per heavy atom. The average Bonchev–Trinajstić information content (AvgIpc) is 2.11. The van der Waals surface area contributed by atoms with Gasteiger partial charge in [0.2, 0.25) is 5.03 Å². The topological polar surface area (TPSA) is 72.2 Å². The Labute approximate surface area is 68.4 Å². The highest BCUT2D eigenvalue weighted by Gasteiger charge is 2.18. The summed E-state index contributed by atoms with van der Waals surface area (Å²) < 4.78 is 30.7. The lowest BCUT2D eigenvalue weighted by molar-refractivity contribution is 0.480. The van der Waals surface area contributed by atoms with Crippen LogP contribution in [0.2, 0.25) is 5.15 Å². The molecule has 1 rings (SSSR count). The van der Waals surface area contributed by atoms with Crippen LogP contribution in [0.1, 0.15) is 0 Å². The van der Waals surface area contributed by atoms with E-state index in [0.717, 1.165) is 0 Å². The summed E-state index contributed by atoms with van der Waals surface area (Å²) in [5.74, 6) is 0. The van der Waals surface area contributed by atoms with Crippen molar-refractivity contribution in [3.05, 3.63) is 11.5 Å². The lowest BCUT2D eigenvalue weighted by Crippen LogP contribution is -1.99. The molecule has 0 unspecified atom stereocenters. The first-order valence-electron chi connectivity index (χ1n) is 2.57. The van der Waals surface area contributed by atoms with E-state index in [2.05, 4.69) is 4.98 Å². The second-order valence-corrected chi connectivity index (χ2v) is 3.62. The maximum absolute atomic E-state index is 10.5. The van der Waals surface area contributed by atoms with E-state index < -0.39 is 15.1 Å². The number of nitrogens with zero attached hydrogens (tertiary/aromatic N) is 2. The molecule has 5 nitrogen and oxygen atoms in total. The molecule has 1 aromatic rings. The van der Waals surface area contributed by atoms with Gasteiger partial charge in [-0.25, -0.2) is 4.98 Å². The molecule has 1 aromatic heterocycles. The zero-order chi connectivity index (χ0) is 8.65. The van der Waals surface area contributed by atoms with Crippen LogP contribution in [0.5, 0.6) is 0 Å². The molecule has 0 aliphatic rings. The fourth-order valence-electron chi connectivity index (χ4n) is 0.567. The van der Waals surface area contributed by atoms with E-state index in [-0.39, 0.29) is 5.15 Å². The fourth-order valence-corrected chi connectivity index (χ4v) is 1.49. The minimum absolute atomic E-state index is 0.104. The van der Waals surface area contributed by atoms with Crippen LogP contribution >= 0.6 is 11.6 Å². The van der Waals surface area contributed by atoms with Crippen molar-refractivity contribution in [3.8, 4) is 0 Å². The Bertz CT molecular complexity index is 369. The molecule has 11 heavy (non-hydrogen) atoms. The Morgan fingerprint density at radius 1 is 1.73 bits per heavy atom. The highest BCUT2D eigenvalue weighted by molar-refractivity contribution is 7.85. The number of halogens is 1. The standard InChI is InChI=1S/C4H5ClN2O3S/c1-7-2-6-4(3(7)5)11(8,9)10/h2H,1H3,(H,8,9,10). The summed E-state index contributed by atoms with van der Waals surface area (Å²) in [5.41, 5.74) is 0. The third-order valence-corrected chi connectivity index (χ3v) is 2.42. The predicted octanol–water partition coefficient (Wildman–Crippen LogP) is 0.320. The summed E-state index contributed by atoms with van der Waals surface area (Å²) in [6.45, 7) is 0. The van der Waals surface area contributed by atoms with Gasteiger partial charge < -0.3 is 4.57 Å². The molecular weight excluding hydrogens is 192 g/mol. The molecule has 62 valence electrons. The Balaban J connectivity index is 3.38. The molecule has 1 N–H and O–H groups in total. The zero-order valence-electron chi connectivity index (χ0n) is 5.52. The molecule has 1 heterocycles. The van der Waals surface area contributed by atoms with Gasteiger partial charge in [0.1, 0.15) is 5.15 Å². The third kappa shape index (κ3) is 1.52. The molecule has 0 atom stereocenters. The normalized spacial score (nSPS) is 11.9. The van der Waals surface area contributed by atoms with Crippen LogP contribution in [-0.4, -0.2) is 22.5 Å². The maximum Gasteiger partial charge on any atom is 0.315 e. The average molecular weight is 197 g/mol. The van der Waals surface area contributed by atoms with Gasteiger partial charge in [0.15, 0.2) is 0 Å². The van der Waals surface area contributed by atoms with Crippen LogP contribution in [0, 0.1) is 0 Å². The lowest BCUT2D eigenvalue weighted by Gasteiger charge is -1.92. The molecule has 0 aromatic carbocycles. The lowest BCUT2D eigenvalue weighted by atomic mass is 10.9. The van der Waals surface area contributed by atoms with Crippen molar-refractivity contribution < 1.29 is 13.0 Å². The molecule has 0 bridgehead atoms. The first-order chi connectivity index (χ1) is 4.93. The second kappa shape index (κ2) is 2.47. The summed E-state index contributed by atoms with van der Waals surface area (Å²) in [4.78, 5) is 3.38. The molecule has 0 spiro atoms. The van der Waals surface area contributed by atoms with Crippen molar-refractivity contribution in [2.24, 2.45) is 7.05 Å². The number of aromatic nitrogens is 2. The second-order valence-electron chi connectivity index (χ2n) is 1.93. The van der Waals surface area contributed by atoms with Crippen LogP contribution in [-0.2, 0) is 17.2 Å². The summed E-state index contributed by atoms with van der Waals surface area (Å²) in [7, 11) is -2.76. The largest absolute Gasteiger partial charge is 0.324 e. The first kappa shape index (κ1) is 8.51. The van der Waals surface area contributed by atoms with Crippen LogP contribution in [0.25, 0.3) is 0 Å². The van der Waals surface area contributed by atoms with E-state index in [4.69, 9.17) is 16.2 Å². The van der Waals surface area contributed by atoms with Gasteiger partial charge in [0.25, 0.3) is 0 Å². The van der Waals surface area contributed by atoms with E-state index in [9.17, 15) is 8.42 Å². The van der Waals surface area contributed by atoms with E-state index in [1.807, 2.05) is 0 Å². The van der Waals surface area contributed by atoms with Crippen molar-refractivity contribution >= 4 is 21.7 Å². The maximum atomic E-state index is 10.5. The predicted molar refractivity (Wildman–Crippen MR) is 38.0 cm³/mol. The van der Waals surface area contributed by atoms with Gasteiger partial charge in [0, 0.05) is 7.05 Å². The molecule has 0 radical (unpaired) electrons. The quantitative estimate of drug-likeness (QED) is 0.657. The Hall–Kier alpha value is -0.590. The molecule has 0 aliphatic heterocycles. The van der Waals surface area contributed by atoms with E-state index in [1.54, 1.807) is 0 Å². The molecule has 7 heteroatoms. The van der Waals surface area contributed by atoms with Crippen molar-refractivity contribution in [2.75, 3.05) is 0 Å². The Morgan fingerprint density at radius 3 is 2.45 bits per heavy atom. The first-order valence-corrected chi connectivity index (χ1v) is 4.39. The number of hydrogen-bond donors (Lipinski definition) is 1. The van der Waals surface area contributed by atoms with Gasteiger partial charge in [-0.3, -0.25) is 4.55 Å². The number of aryl methyl sites for hydroxylation is 1. The third-order valence-electron chi connectivity index (χ3n) is 1.08. The summed E-state index contributed by atoms with van der Waals surface area (Å²) in [6, 6.07) is 0. The van der Waals surface area contributed by atoms with Crippen LogP contribution in [0.3, 0.4) is 0 Å². The highest BCUT2D eigenvalue weighted by Crippen LogP contribution is 2.17. The van der Waals surface area contributed by atoms with Crippen LogP contribution < -0.4 is 0 Å². The monoisotopic (exact) mass is 196 g/mol. The van der Waals surface area contributed by atoms with Gasteiger partial charge >= 0.3 is 10.1 Å². The van der Waals surface area contributed by atoms with Crippen molar-refractivity contribution in [2.45, 2.75) is 5.03 Å². The molecule has 0 aliphatic carbocycles. The number of imidazole rings is 1. The van der Waals surface area contributed by atoms with E-state index in [0.29, 0.717) is 0 Å². The van der Waals surface area contributed by atoms with Crippen molar-refractivity contribution in [1.82, 2.24) is 9.55 Å². The van der Waals surface area contributed by atoms with Gasteiger partial charge in [-0.2, -0.15) is 8.42 Å². The van der Waals surface area contributed by atoms with Crippen molar-refractivity contribution in [1.29, 1.82) is 0 Å². The molecule has 0 saturated carbocycles. The minimum atomic E-state index is -4.28. The van der Waals surface area contributed by atoms with Gasteiger partial charge in [-0.15, -0.1) is 0 Å².